The molecule has 3 heterocycles. The molecule has 3 aliphatic rings. The number of nitrogens with two attached hydrogens (primary N) is 1. The van der Waals surface area contributed by atoms with E-state index in [4.69, 9.17) is 27.1 Å². The Labute approximate surface area is 228 Å². The number of aryl methyl sites for hydroxylation is 1. The molecule has 0 radical (unpaired) electrons. The van der Waals surface area contributed by atoms with E-state index in [1.54, 1.807) is 6.20 Å². The smallest absolute Gasteiger partial charge is 0.254 e. The fourth-order valence-corrected chi connectivity index (χ4v) is 6.35. The van der Waals surface area contributed by atoms with Gasteiger partial charge in [0.25, 0.3) is 5.91 Å². The number of fused-ring (bicyclic) bond motifs is 1. The molecule has 3 unspecified atom stereocenters. The fourth-order valence-electron chi connectivity index (χ4n) is 5.95. The van der Waals surface area contributed by atoms with Gasteiger partial charge in [0.15, 0.2) is 11.5 Å². The van der Waals surface area contributed by atoms with Crippen molar-refractivity contribution < 1.29 is 9.53 Å². The minimum Gasteiger partial charge on any atom is -0.373 e. The van der Waals surface area contributed by atoms with E-state index in [1.807, 2.05) is 42.4 Å². The van der Waals surface area contributed by atoms with Crippen LogP contribution < -0.4 is 11.1 Å². The SMILES string of the molecule is Cc1cc(Nc2nccn3c(C4CCC(OC5CC5)C(Cl)C4)cnc23)ccc1C(=O)N1CCC(CN)CC1. The third kappa shape index (κ3) is 5.26. The van der Waals surface area contributed by atoms with Crippen LogP contribution in [0, 0.1) is 12.8 Å². The highest BCUT2D eigenvalue weighted by atomic mass is 35.5. The zero-order chi connectivity index (χ0) is 26.2. The van der Waals surface area contributed by atoms with E-state index in [1.165, 1.54) is 12.8 Å². The minimum atomic E-state index is 0.0237. The lowest BCUT2D eigenvalue weighted by Crippen LogP contribution is -2.40. The summed E-state index contributed by atoms with van der Waals surface area (Å²) >= 11 is 6.76. The molecule has 0 spiro atoms. The van der Waals surface area contributed by atoms with Crippen LogP contribution in [-0.2, 0) is 4.74 Å². The van der Waals surface area contributed by atoms with Crippen molar-refractivity contribution >= 4 is 34.7 Å². The number of imidazole rings is 1. The molecule has 3 N–H and O–H groups in total. The number of carbonyl (C=O) groups excluding carboxylic acids is 1. The Morgan fingerprint density at radius 2 is 1.97 bits per heavy atom. The lowest BCUT2D eigenvalue weighted by Gasteiger charge is -2.32. The monoisotopic (exact) mass is 536 g/mol. The number of likely N-dealkylation sites (tertiary alicyclic amines) is 1. The van der Waals surface area contributed by atoms with Crippen molar-refractivity contribution in [2.75, 3.05) is 25.0 Å². The lowest BCUT2D eigenvalue weighted by atomic mass is 9.85. The summed E-state index contributed by atoms with van der Waals surface area (Å²) in [6, 6.07) is 5.87. The molecule has 9 heteroatoms. The van der Waals surface area contributed by atoms with E-state index in [2.05, 4.69) is 14.7 Å². The van der Waals surface area contributed by atoms with Crippen LogP contribution in [0.1, 0.15) is 72.5 Å². The molecule has 3 atom stereocenters. The van der Waals surface area contributed by atoms with E-state index >= 15 is 0 Å². The topological polar surface area (TPSA) is 97.8 Å². The van der Waals surface area contributed by atoms with Crippen LogP contribution in [-0.4, -0.2) is 62.4 Å². The van der Waals surface area contributed by atoms with Gasteiger partial charge in [-0.25, -0.2) is 9.97 Å². The van der Waals surface area contributed by atoms with Crippen molar-refractivity contribution in [2.45, 2.75) is 75.4 Å². The normalized spacial score (nSPS) is 24.6. The first kappa shape index (κ1) is 25.6. The highest BCUT2D eigenvalue weighted by Gasteiger charge is 2.36. The Morgan fingerprint density at radius 3 is 2.68 bits per heavy atom. The van der Waals surface area contributed by atoms with E-state index in [9.17, 15) is 4.79 Å². The van der Waals surface area contributed by atoms with E-state index in [0.717, 1.165) is 73.3 Å². The molecule has 1 saturated heterocycles. The summed E-state index contributed by atoms with van der Waals surface area (Å²) in [7, 11) is 0. The number of piperidine rings is 1. The van der Waals surface area contributed by atoms with Gasteiger partial charge in [0.05, 0.1) is 17.6 Å². The molecule has 2 aliphatic carbocycles. The second-order valence-electron chi connectivity index (χ2n) is 11.2. The largest absolute Gasteiger partial charge is 0.373 e. The first-order valence-corrected chi connectivity index (χ1v) is 14.4. The fraction of sp³-hybridized carbons (Fsp3) is 0.552. The van der Waals surface area contributed by atoms with Crippen molar-refractivity contribution in [2.24, 2.45) is 11.7 Å². The Hall–Kier alpha value is -2.68. The average Bonchev–Trinajstić information content (AvgIpc) is 3.64. The van der Waals surface area contributed by atoms with Crippen molar-refractivity contribution in [3.63, 3.8) is 0 Å². The number of rotatable bonds is 7. The van der Waals surface area contributed by atoms with Crippen LogP contribution in [0.3, 0.4) is 0 Å². The second kappa shape index (κ2) is 10.8. The summed E-state index contributed by atoms with van der Waals surface area (Å²) in [6.07, 6.45) is 13.5. The molecule has 202 valence electrons. The Morgan fingerprint density at radius 1 is 1.16 bits per heavy atom. The van der Waals surface area contributed by atoms with E-state index < -0.39 is 0 Å². The standard InChI is InChI=1S/C29H37ClN6O2/c1-18-14-21(3-6-23(18)29(37)35-11-8-19(16-31)9-12-35)34-27-28-33-17-25(36(28)13-10-32-27)20-2-7-26(24(30)15-20)38-22-4-5-22/h3,6,10,13-14,17,19-20,22,24,26H,2,4-5,7-9,11-12,15-16,31H2,1H3,(H,32,34). The van der Waals surface area contributed by atoms with E-state index in [-0.39, 0.29) is 17.4 Å². The molecule has 8 nitrogen and oxygen atoms in total. The van der Waals surface area contributed by atoms with Crippen LogP contribution >= 0.6 is 11.6 Å². The molecule has 3 fully saturated rings. The number of benzene rings is 1. The summed E-state index contributed by atoms with van der Waals surface area (Å²) in [5.41, 5.74) is 10.3. The van der Waals surface area contributed by atoms with Gasteiger partial charge in [-0.2, -0.15) is 0 Å². The predicted molar refractivity (Wildman–Crippen MR) is 149 cm³/mol. The Bertz CT molecular complexity index is 1300. The van der Waals surface area contributed by atoms with Crippen LogP contribution in [0.5, 0.6) is 0 Å². The summed E-state index contributed by atoms with van der Waals surface area (Å²) in [5, 5.41) is 3.45. The van der Waals surface area contributed by atoms with Crippen LogP contribution in [0.25, 0.3) is 5.65 Å². The first-order valence-electron chi connectivity index (χ1n) is 14.0. The summed E-state index contributed by atoms with van der Waals surface area (Å²) < 4.78 is 8.25. The number of hydrogen-bond donors (Lipinski definition) is 2. The van der Waals surface area contributed by atoms with Crippen LogP contribution in [0.4, 0.5) is 11.5 Å². The number of ether oxygens (including phenoxy) is 1. The Kier molecular flexibility index (Phi) is 7.29. The molecule has 0 bridgehead atoms. The van der Waals surface area contributed by atoms with Crippen molar-refractivity contribution in [1.29, 1.82) is 0 Å². The Balaban J connectivity index is 1.15. The number of carbonyl (C=O) groups is 1. The number of halogens is 1. The van der Waals surface area contributed by atoms with Gasteiger partial charge in [-0.15, -0.1) is 11.6 Å². The third-order valence-electron chi connectivity index (χ3n) is 8.43. The minimum absolute atomic E-state index is 0.0237. The zero-order valence-corrected chi connectivity index (χ0v) is 22.7. The highest BCUT2D eigenvalue weighted by Crippen LogP contribution is 2.40. The molecule has 1 amide bonds. The number of anilines is 2. The molecule has 2 saturated carbocycles. The van der Waals surface area contributed by atoms with Gasteiger partial charge in [-0.1, -0.05) is 0 Å². The van der Waals surface area contributed by atoms with Gasteiger partial charge in [-0.3, -0.25) is 9.20 Å². The molecule has 6 rings (SSSR count). The molecular weight excluding hydrogens is 500 g/mol. The third-order valence-corrected chi connectivity index (χ3v) is 8.89. The van der Waals surface area contributed by atoms with Gasteiger partial charge in [-0.05, 0) is 88.1 Å². The maximum Gasteiger partial charge on any atom is 0.254 e. The summed E-state index contributed by atoms with van der Waals surface area (Å²) in [4.78, 5) is 24.4. The quantitative estimate of drug-likeness (QED) is 0.412. The predicted octanol–water partition coefficient (Wildman–Crippen LogP) is 5.01. The maximum atomic E-state index is 13.1. The van der Waals surface area contributed by atoms with Gasteiger partial charge in [0.2, 0.25) is 0 Å². The van der Waals surface area contributed by atoms with Crippen molar-refractivity contribution in [3.8, 4) is 0 Å². The molecule has 1 aliphatic heterocycles. The average molecular weight is 537 g/mol. The van der Waals surface area contributed by atoms with Gasteiger partial charge >= 0.3 is 0 Å². The van der Waals surface area contributed by atoms with Gasteiger partial charge in [0, 0.05) is 54.5 Å². The van der Waals surface area contributed by atoms with Gasteiger partial charge in [0.1, 0.15) is 0 Å². The number of aromatic nitrogens is 3. The van der Waals surface area contributed by atoms with Crippen molar-refractivity contribution in [3.05, 3.63) is 53.6 Å². The molecule has 3 aromatic rings. The molecule has 38 heavy (non-hydrogen) atoms. The number of nitrogens with one attached hydrogen (secondary N) is 1. The van der Waals surface area contributed by atoms with E-state index in [0.29, 0.717) is 30.3 Å². The van der Waals surface area contributed by atoms with Gasteiger partial charge < -0.3 is 20.7 Å². The number of hydrogen-bond acceptors (Lipinski definition) is 6. The van der Waals surface area contributed by atoms with Crippen LogP contribution in [0.2, 0.25) is 0 Å². The summed E-state index contributed by atoms with van der Waals surface area (Å²) in [6.45, 7) is 4.23. The number of alkyl halides is 1. The first-order chi connectivity index (χ1) is 18.5. The summed E-state index contributed by atoms with van der Waals surface area (Å²) in [5.74, 6) is 1.65. The zero-order valence-electron chi connectivity index (χ0n) is 22.0. The number of amides is 1. The van der Waals surface area contributed by atoms with Crippen molar-refractivity contribution in [1.82, 2.24) is 19.3 Å². The molecule has 2 aromatic heterocycles. The molecular formula is C29H37ClN6O2. The lowest BCUT2D eigenvalue weighted by molar-refractivity contribution is 0.0157. The number of nitrogens with zero attached hydrogens (tertiary/aromatic N) is 4. The second-order valence-corrected chi connectivity index (χ2v) is 11.7. The highest BCUT2D eigenvalue weighted by molar-refractivity contribution is 6.21. The van der Waals surface area contributed by atoms with Crippen LogP contribution in [0.15, 0.2) is 36.8 Å². The maximum absolute atomic E-state index is 13.1. The molecule has 1 aromatic carbocycles.